The zero-order valence-electron chi connectivity index (χ0n) is 15.6. The minimum Gasteiger partial charge on any atom is -0.456 e. The van der Waals surface area contributed by atoms with Crippen molar-refractivity contribution in [1.29, 1.82) is 0 Å². The molecule has 0 fully saturated rings. The molecule has 150 valence electrons. The molecule has 2 aliphatic rings. The van der Waals surface area contributed by atoms with Crippen LogP contribution >= 0.6 is 0 Å². The van der Waals surface area contributed by atoms with Gasteiger partial charge >= 0.3 is 12.1 Å². The number of ether oxygens (including phenoxy) is 1. The number of hydrogen-bond donors (Lipinski definition) is 0. The summed E-state index contributed by atoms with van der Waals surface area (Å²) >= 11 is 0. The second-order valence-corrected chi connectivity index (χ2v) is 7.07. The highest BCUT2D eigenvalue weighted by Gasteiger charge is 2.43. The molecule has 2 heterocycles. The molecule has 1 atom stereocenters. The Balaban J connectivity index is 1.78. The van der Waals surface area contributed by atoms with E-state index in [4.69, 9.17) is 4.74 Å². The van der Waals surface area contributed by atoms with E-state index >= 15 is 0 Å². The highest BCUT2D eigenvalue weighted by molar-refractivity contribution is 6.06. The van der Waals surface area contributed by atoms with Gasteiger partial charge in [-0.15, -0.1) is 0 Å². The van der Waals surface area contributed by atoms with Crippen molar-refractivity contribution in [1.82, 2.24) is 0 Å². The van der Waals surface area contributed by atoms with Crippen LogP contribution in [0.15, 0.2) is 59.8 Å². The van der Waals surface area contributed by atoms with Gasteiger partial charge in [0.1, 0.15) is 6.61 Å². The Morgan fingerprint density at radius 1 is 1.10 bits per heavy atom. The number of hydrogen-bond acceptors (Lipinski definition) is 3. The van der Waals surface area contributed by atoms with Crippen LogP contribution in [0.25, 0.3) is 0 Å². The number of nitrogens with zero attached hydrogens (tertiary/aromatic N) is 1. The summed E-state index contributed by atoms with van der Waals surface area (Å²) in [5.74, 6) is -1.37. The number of benzene rings is 2. The van der Waals surface area contributed by atoms with Crippen molar-refractivity contribution in [3.8, 4) is 0 Å². The lowest BCUT2D eigenvalue weighted by atomic mass is 9.83. The molecule has 1 amide bonds. The number of aryl methyl sites for hydroxylation is 1. The summed E-state index contributed by atoms with van der Waals surface area (Å²) in [6, 6.07) is 12.2. The number of anilines is 1. The fourth-order valence-electron chi connectivity index (χ4n) is 3.85. The van der Waals surface area contributed by atoms with Crippen molar-refractivity contribution < 1.29 is 27.5 Å². The number of rotatable bonds is 3. The van der Waals surface area contributed by atoms with Crippen LogP contribution in [0, 0.1) is 0 Å². The second-order valence-electron chi connectivity index (χ2n) is 7.07. The maximum atomic E-state index is 13.1. The summed E-state index contributed by atoms with van der Waals surface area (Å²) in [5.41, 5.74) is 1.82. The van der Waals surface area contributed by atoms with E-state index in [0.29, 0.717) is 11.3 Å². The van der Waals surface area contributed by atoms with E-state index in [1.807, 2.05) is 31.2 Å². The van der Waals surface area contributed by atoms with Gasteiger partial charge in [-0.1, -0.05) is 37.3 Å². The highest BCUT2D eigenvalue weighted by atomic mass is 19.4. The molecular formula is C22H18F3NO3. The Kier molecular flexibility index (Phi) is 4.68. The van der Waals surface area contributed by atoms with Crippen molar-refractivity contribution in [2.75, 3.05) is 11.5 Å². The standard InChI is InChI=1S/C22H18F3NO3/c1-2-13-6-8-14(9-7-13)17-11-19(27)26(18-12-29-21(28)20(17)18)16-5-3-4-15(10-16)22(23,24)25/h3-10,17H,2,11-12H2,1H3. The van der Waals surface area contributed by atoms with Crippen LogP contribution in [0.2, 0.25) is 0 Å². The summed E-state index contributed by atoms with van der Waals surface area (Å²) in [4.78, 5) is 26.6. The van der Waals surface area contributed by atoms with Crippen LogP contribution in [-0.2, 0) is 26.9 Å². The summed E-state index contributed by atoms with van der Waals surface area (Å²) < 4.78 is 44.5. The second kappa shape index (κ2) is 7.06. The lowest BCUT2D eigenvalue weighted by molar-refractivity contribution is -0.138. The average Bonchev–Trinajstić information content (AvgIpc) is 3.08. The van der Waals surface area contributed by atoms with Crippen molar-refractivity contribution in [2.24, 2.45) is 0 Å². The SMILES string of the molecule is CCc1ccc(C2CC(=O)N(c3cccc(C(F)(F)F)c3)C3=C2C(=O)OC3)cc1. The normalized spacial score (nSPS) is 19.4. The molecule has 4 rings (SSSR count). The molecule has 0 aromatic heterocycles. The average molecular weight is 401 g/mol. The number of halogens is 3. The molecule has 2 aromatic carbocycles. The first-order valence-corrected chi connectivity index (χ1v) is 9.28. The first-order chi connectivity index (χ1) is 13.8. The molecular weight excluding hydrogens is 383 g/mol. The molecule has 2 aliphatic heterocycles. The summed E-state index contributed by atoms with van der Waals surface area (Å²) in [7, 11) is 0. The van der Waals surface area contributed by atoms with Gasteiger partial charge in [0.2, 0.25) is 5.91 Å². The van der Waals surface area contributed by atoms with E-state index in [2.05, 4.69) is 0 Å². The number of carbonyl (C=O) groups is 2. The number of cyclic esters (lactones) is 1. The fourth-order valence-corrected chi connectivity index (χ4v) is 3.85. The first-order valence-electron chi connectivity index (χ1n) is 9.28. The molecule has 0 spiro atoms. The van der Waals surface area contributed by atoms with Gasteiger partial charge in [0.05, 0.1) is 16.8 Å². The lowest BCUT2D eigenvalue weighted by Gasteiger charge is -2.32. The van der Waals surface area contributed by atoms with Gasteiger partial charge in [0, 0.05) is 18.0 Å². The van der Waals surface area contributed by atoms with Crippen LogP contribution in [-0.4, -0.2) is 18.5 Å². The van der Waals surface area contributed by atoms with Gasteiger partial charge in [-0.25, -0.2) is 4.79 Å². The smallest absolute Gasteiger partial charge is 0.416 e. The predicted octanol–water partition coefficient (Wildman–Crippen LogP) is 4.60. The first kappa shape index (κ1) is 19.2. The van der Waals surface area contributed by atoms with E-state index in [1.165, 1.54) is 17.0 Å². The molecule has 0 N–H and O–H groups in total. The monoisotopic (exact) mass is 401 g/mol. The van der Waals surface area contributed by atoms with Crippen molar-refractivity contribution in [3.05, 3.63) is 76.5 Å². The van der Waals surface area contributed by atoms with E-state index < -0.39 is 23.6 Å². The summed E-state index contributed by atoms with van der Waals surface area (Å²) in [6.45, 7) is 1.89. The minimum absolute atomic E-state index is 0.0182. The maximum absolute atomic E-state index is 13.1. The number of alkyl halides is 3. The van der Waals surface area contributed by atoms with Crippen LogP contribution in [0.5, 0.6) is 0 Å². The van der Waals surface area contributed by atoms with Crippen molar-refractivity contribution >= 4 is 17.6 Å². The van der Waals surface area contributed by atoms with Gasteiger partial charge in [0.25, 0.3) is 0 Å². The van der Waals surface area contributed by atoms with Crippen molar-refractivity contribution in [3.63, 3.8) is 0 Å². The summed E-state index contributed by atoms with van der Waals surface area (Å²) in [5, 5.41) is 0. The van der Waals surface area contributed by atoms with E-state index in [-0.39, 0.29) is 24.6 Å². The topological polar surface area (TPSA) is 46.6 Å². The molecule has 29 heavy (non-hydrogen) atoms. The zero-order valence-corrected chi connectivity index (χ0v) is 15.6. The molecule has 1 unspecified atom stereocenters. The third-order valence-electron chi connectivity index (χ3n) is 5.34. The lowest BCUT2D eigenvalue weighted by Crippen LogP contribution is -2.37. The van der Waals surface area contributed by atoms with E-state index in [1.54, 1.807) is 0 Å². The largest absolute Gasteiger partial charge is 0.456 e. The van der Waals surface area contributed by atoms with Gasteiger partial charge in [-0.3, -0.25) is 9.69 Å². The van der Waals surface area contributed by atoms with Gasteiger partial charge < -0.3 is 4.74 Å². The number of carbonyl (C=O) groups excluding carboxylic acids is 2. The Bertz CT molecular complexity index is 1010. The van der Waals surface area contributed by atoms with Crippen LogP contribution < -0.4 is 4.90 Å². The maximum Gasteiger partial charge on any atom is 0.416 e. The summed E-state index contributed by atoms with van der Waals surface area (Å²) in [6.07, 6.45) is -3.68. The van der Waals surface area contributed by atoms with E-state index in [0.717, 1.165) is 29.7 Å². The third-order valence-corrected chi connectivity index (χ3v) is 5.34. The molecule has 0 saturated carbocycles. The quantitative estimate of drug-likeness (QED) is 0.707. The highest BCUT2D eigenvalue weighted by Crippen LogP contribution is 2.42. The van der Waals surface area contributed by atoms with Crippen LogP contribution in [0.3, 0.4) is 0 Å². The van der Waals surface area contributed by atoms with E-state index in [9.17, 15) is 22.8 Å². The zero-order chi connectivity index (χ0) is 20.8. The van der Waals surface area contributed by atoms with Crippen LogP contribution in [0.1, 0.15) is 36.0 Å². The minimum atomic E-state index is -4.53. The Morgan fingerprint density at radius 2 is 1.83 bits per heavy atom. The Hall–Kier alpha value is -3.09. The molecule has 4 nitrogen and oxygen atoms in total. The number of esters is 1. The molecule has 0 radical (unpaired) electrons. The molecule has 0 aliphatic carbocycles. The number of amides is 1. The van der Waals surface area contributed by atoms with Crippen molar-refractivity contribution in [2.45, 2.75) is 31.9 Å². The molecule has 0 saturated heterocycles. The Labute approximate surface area is 165 Å². The molecule has 0 bridgehead atoms. The molecule has 7 heteroatoms. The van der Waals surface area contributed by atoms with Gasteiger partial charge in [-0.2, -0.15) is 13.2 Å². The van der Waals surface area contributed by atoms with Crippen LogP contribution in [0.4, 0.5) is 18.9 Å². The van der Waals surface area contributed by atoms with Gasteiger partial charge in [-0.05, 0) is 35.7 Å². The molecule has 2 aromatic rings. The Morgan fingerprint density at radius 3 is 2.48 bits per heavy atom. The fraction of sp³-hybridized carbons (Fsp3) is 0.273. The third kappa shape index (κ3) is 3.41. The predicted molar refractivity (Wildman–Crippen MR) is 100 cm³/mol. The van der Waals surface area contributed by atoms with Gasteiger partial charge in [0.15, 0.2) is 0 Å².